The summed E-state index contributed by atoms with van der Waals surface area (Å²) in [4.78, 5) is 18.3. The molecule has 0 atom stereocenters. The van der Waals surface area contributed by atoms with Crippen LogP contribution in [0.25, 0.3) is 6.08 Å². The number of aromatic amines is 1. The van der Waals surface area contributed by atoms with Gasteiger partial charge >= 0.3 is 0 Å². The molecule has 0 bridgehead atoms. The predicted octanol–water partition coefficient (Wildman–Crippen LogP) is 3.58. The van der Waals surface area contributed by atoms with E-state index in [0.717, 1.165) is 5.69 Å². The van der Waals surface area contributed by atoms with E-state index in [-0.39, 0.29) is 12.5 Å². The minimum absolute atomic E-state index is 0.227. The molecule has 0 spiro atoms. The standard InChI is InChI=1S/C14H12Cl3N3O2/c15-9-5-11(16)14(12(17)6-9)22-4-3-19-13(21)2-1-10-7-18-8-20-10/h1-2,5-8H,3-4H2,(H,18,20)(H,19,21). The first-order valence-electron chi connectivity index (χ1n) is 6.28. The van der Waals surface area contributed by atoms with Gasteiger partial charge in [-0.05, 0) is 18.2 Å². The summed E-state index contributed by atoms with van der Waals surface area (Å²) < 4.78 is 5.45. The Balaban J connectivity index is 1.76. The molecule has 1 aromatic carbocycles. The van der Waals surface area contributed by atoms with Gasteiger partial charge in [-0.3, -0.25) is 4.79 Å². The van der Waals surface area contributed by atoms with Crippen molar-refractivity contribution < 1.29 is 9.53 Å². The molecule has 5 nitrogen and oxygen atoms in total. The number of halogens is 3. The van der Waals surface area contributed by atoms with Crippen LogP contribution in [0.1, 0.15) is 5.69 Å². The minimum atomic E-state index is -0.244. The van der Waals surface area contributed by atoms with E-state index in [1.165, 1.54) is 24.5 Å². The Kier molecular flexibility index (Phi) is 6.12. The summed E-state index contributed by atoms with van der Waals surface area (Å²) in [5.41, 5.74) is 0.742. The van der Waals surface area contributed by atoms with Crippen LogP contribution in [0.2, 0.25) is 15.1 Å². The number of aromatic nitrogens is 2. The summed E-state index contributed by atoms with van der Waals surface area (Å²) >= 11 is 17.8. The molecule has 0 radical (unpaired) electrons. The lowest BCUT2D eigenvalue weighted by atomic mass is 10.3. The topological polar surface area (TPSA) is 67.0 Å². The van der Waals surface area contributed by atoms with Gasteiger partial charge in [-0.2, -0.15) is 0 Å². The molecule has 0 saturated carbocycles. The summed E-state index contributed by atoms with van der Waals surface area (Å²) in [6, 6.07) is 3.08. The molecule has 0 saturated heterocycles. The Hall–Kier alpha value is -1.69. The van der Waals surface area contributed by atoms with Crippen molar-refractivity contribution in [3.8, 4) is 5.75 Å². The summed E-state index contributed by atoms with van der Waals surface area (Å²) in [5, 5.41) is 3.74. The smallest absolute Gasteiger partial charge is 0.244 e. The number of nitrogens with one attached hydrogen (secondary N) is 2. The third-order valence-electron chi connectivity index (χ3n) is 2.54. The Morgan fingerprint density at radius 1 is 1.32 bits per heavy atom. The van der Waals surface area contributed by atoms with E-state index in [0.29, 0.717) is 27.4 Å². The average molecular weight is 361 g/mol. The second-order valence-corrected chi connectivity index (χ2v) is 5.43. The molecule has 2 rings (SSSR count). The molecule has 1 aromatic heterocycles. The lowest BCUT2D eigenvalue weighted by Crippen LogP contribution is -2.26. The van der Waals surface area contributed by atoms with Crippen molar-refractivity contribution >= 4 is 46.8 Å². The zero-order valence-electron chi connectivity index (χ0n) is 11.3. The number of amides is 1. The van der Waals surface area contributed by atoms with Crippen LogP contribution in [0.4, 0.5) is 0 Å². The van der Waals surface area contributed by atoms with Crippen molar-refractivity contribution in [2.45, 2.75) is 0 Å². The van der Waals surface area contributed by atoms with Crippen molar-refractivity contribution in [1.29, 1.82) is 0 Å². The monoisotopic (exact) mass is 359 g/mol. The van der Waals surface area contributed by atoms with Crippen LogP contribution in [-0.4, -0.2) is 29.0 Å². The highest BCUT2D eigenvalue weighted by molar-refractivity contribution is 6.40. The van der Waals surface area contributed by atoms with Crippen molar-refractivity contribution in [1.82, 2.24) is 15.3 Å². The van der Waals surface area contributed by atoms with Gasteiger partial charge in [-0.25, -0.2) is 4.98 Å². The highest BCUT2D eigenvalue weighted by Gasteiger charge is 2.09. The van der Waals surface area contributed by atoms with Crippen LogP contribution < -0.4 is 10.1 Å². The summed E-state index contributed by atoms with van der Waals surface area (Å²) in [6.45, 7) is 0.534. The molecule has 2 aromatic rings. The predicted molar refractivity (Wildman–Crippen MR) is 87.6 cm³/mol. The van der Waals surface area contributed by atoms with Gasteiger partial charge in [-0.1, -0.05) is 34.8 Å². The third kappa shape index (κ3) is 4.94. The molecular weight excluding hydrogens is 349 g/mol. The molecule has 0 aliphatic carbocycles. The van der Waals surface area contributed by atoms with E-state index >= 15 is 0 Å². The minimum Gasteiger partial charge on any atom is -0.489 e. The fourth-order valence-electron chi connectivity index (χ4n) is 1.58. The number of rotatable bonds is 6. The van der Waals surface area contributed by atoms with Crippen molar-refractivity contribution in [3.63, 3.8) is 0 Å². The fourth-order valence-corrected chi connectivity index (χ4v) is 2.50. The van der Waals surface area contributed by atoms with Crippen LogP contribution >= 0.6 is 34.8 Å². The van der Waals surface area contributed by atoms with Crippen molar-refractivity contribution in [2.24, 2.45) is 0 Å². The number of ether oxygens (including phenoxy) is 1. The molecule has 8 heteroatoms. The Morgan fingerprint density at radius 2 is 2.05 bits per heavy atom. The molecule has 0 unspecified atom stereocenters. The quantitative estimate of drug-likeness (QED) is 0.611. The third-order valence-corrected chi connectivity index (χ3v) is 3.32. The van der Waals surface area contributed by atoms with Crippen molar-refractivity contribution in [3.05, 3.63) is 51.5 Å². The van der Waals surface area contributed by atoms with Crippen molar-refractivity contribution in [2.75, 3.05) is 13.2 Å². The van der Waals surface area contributed by atoms with E-state index in [9.17, 15) is 4.79 Å². The largest absolute Gasteiger partial charge is 0.489 e. The zero-order valence-corrected chi connectivity index (χ0v) is 13.5. The Labute approximate surface area is 142 Å². The maximum atomic E-state index is 11.6. The second-order valence-electron chi connectivity index (χ2n) is 4.18. The lowest BCUT2D eigenvalue weighted by molar-refractivity contribution is -0.116. The van der Waals surface area contributed by atoms with Gasteiger partial charge in [0, 0.05) is 11.1 Å². The highest BCUT2D eigenvalue weighted by Crippen LogP contribution is 2.35. The first-order chi connectivity index (χ1) is 10.6. The number of imidazole rings is 1. The molecule has 0 aliphatic rings. The number of hydrogen-bond acceptors (Lipinski definition) is 3. The molecule has 0 fully saturated rings. The molecule has 22 heavy (non-hydrogen) atoms. The number of carbonyl (C=O) groups excluding carboxylic acids is 1. The molecule has 2 N–H and O–H groups in total. The molecule has 0 aliphatic heterocycles. The van der Waals surface area contributed by atoms with Crippen LogP contribution in [0.3, 0.4) is 0 Å². The first kappa shape index (κ1) is 16.7. The maximum Gasteiger partial charge on any atom is 0.244 e. The number of carbonyl (C=O) groups is 1. The van der Waals surface area contributed by atoms with Gasteiger partial charge in [0.25, 0.3) is 0 Å². The molecule has 116 valence electrons. The number of H-pyrrole nitrogens is 1. The Morgan fingerprint density at radius 3 is 2.68 bits per heavy atom. The number of nitrogens with zero attached hydrogens (tertiary/aromatic N) is 1. The number of hydrogen-bond donors (Lipinski definition) is 2. The fraction of sp³-hybridized carbons (Fsp3) is 0.143. The first-order valence-corrected chi connectivity index (χ1v) is 7.41. The zero-order chi connectivity index (χ0) is 15.9. The molecular formula is C14H12Cl3N3O2. The van der Waals surface area contributed by atoms with E-state index in [1.807, 2.05) is 0 Å². The summed E-state index contributed by atoms with van der Waals surface area (Å²) in [7, 11) is 0. The summed E-state index contributed by atoms with van der Waals surface area (Å²) in [6.07, 6.45) is 6.16. The van der Waals surface area contributed by atoms with E-state index in [4.69, 9.17) is 39.5 Å². The van der Waals surface area contributed by atoms with E-state index < -0.39 is 0 Å². The highest BCUT2D eigenvalue weighted by atomic mass is 35.5. The van der Waals surface area contributed by atoms with Crippen LogP contribution in [-0.2, 0) is 4.79 Å². The van der Waals surface area contributed by atoms with E-state index in [2.05, 4.69) is 15.3 Å². The SMILES string of the molecule is O=C(C=Cc1cnc[nH]1)NCCOc1c(Cl)cc(Cl)cc1Cl. The van der Waals surface area contributed by atoms with Crippen LogP contribution in [0, 0.1) is 0 Å². The maximum absolute atomic E-state index is 11.6. The van der Waals surface area contributed by atoms with Gasteiger partial charge < -0.3 is 15.0 Å². The number of benzene rings is 1. The van der Waals surface area contributed by atoms with Gasteiger partial charge in [0.05, 0.1) is 34.8 Å². The average Bonchev–Trinajstić information content (AvgIpc) is 2.96. The van der Waals surface area contributed by atoms with Gasteiger partial charge in [0.15, 0.2) is 5.75 Å². The van der Waals surface area contributed by atoms with Crippen LogP contribution in [0.15, 0.2) is 30.7 Å². The summed E-state index contributed by atoms with van der Waals surface area (Å²) in [5.74, 6) is 0.0986. The lowest BCUT2D eigenvalue weighted by Gasteiger charge is -2.10. The van der Waals surface area contributed by atoms with Gasteiger partial charge in [-0.15, -0.1) is 0 Å². The normalized spacial score (nSPS) is 10.9. The molecule has 1 amide bonds. The molecule has 1 heterocycles. The van der Waals surface area contributed by atoms with E-state index in [1.54, 1.807) is 12.3 Å². The second kappa shape index (κ2) is 8.08. The van der Waals surface area contributed by atoms with Gasteiger partial charge in [0.1, 0.15) is 6.61 Å². The Bertz CT molecular complexity index is 649. The van der Waals surface area contributed by atoms with Gasteiger partial charge in [0.2, 0.25) is 5.91 Å². The van der Waals surface area contributed by atoms with Crippen LogP contribution in [0.5, 0.6) is 5.75 Å².